The quantitative estimate of drug-likeness (QED) is 0.169. The number of nitrogens with zero attached hydrogens (tertiary/aromatic N) is 13. The number of aryl methyl sites for hydroxylation is 3. The fraction of sp³-hybridized carbons (Fsp3) is 0.240. The highest BCUT2D eigenvalue weighted by Gasteiger charge is 2.30. The van der Waals surface area contributed by atoms with Gasteiger partial charge in [-0.3, -0.25) is 13.7 Å². The van der Waals surface area contributed by atoms with Gasteiger partial charge in [0, 0.05) is 62.2 Å². The van der Waals surface area contributed by atoms with Gasteiger partial charge in [0.1, 0.15) is 34.9 Å². The molecule has 0 aliphatic carbocycles. The van der Waals surface area contributed by atoms with Crippen LogP contribution in [-0.2, 0) is 0 Å². The van der Waals surface area contributed by atoms with Gasteiger partial charge < -0.3 is 15.1 Å². The molecule has 0 spiro atoms. The number of aromatic nitrogens is 9. The van der Waals surface area contributed by atoms with E-state index >= 15 is 0 Å². The van der Waals surface area contributed by atoms with Crippen LogP contribution in [0.2, 0.25) is 0 Å². The summed E-state index contributed by atoms with van der Waals surface area (Å²) in [4.78, 5) is 11.5. The number of halogens is 3. The van der Waals surface area contributed by atoms with Crippen LogP contribution in [-0.4, -0.2) is 63.9 Å². The maximum absolute atomic E-state index is 7.15. The number of hydrogen-bond donors (Lipinski definition) is 1. The third-order valence-electron chi connectivity index (χ3n) is 12.1. The Morgan fingerprint density at radius 1 is 0.478 bits per heavy atom. The Morgan fingerprint density at radius 2 is 0.851 bits per heavy atom. The molecule has 17 heteroatoms. The van der Waals surface area contributed by atoms with Crippen LogP contribution < -0.4 is 15.1 Å². The summed E-state index contributed by atoms with van der Waals surface area (Å²) in [5.74, 6) is 6.45. The lowest BCUT2D eigenvalue weighted by Crippen LogP contribution is -2.21. The predicted molar refractivity (Wildman–Crippen MR) is 275 cm³/mol. The Labute approximate surface area is 414 Å². The predicted octanol–water partition coefficient (Wildman–Crippen LogP) is 13.2. The minimum atomic E-state index is 0.216. The second kappa shape index (κ2) is 18.9. The molecule has 8 aromatic rings. The molecule has 0 saturated heterocycles. The van der Waals surface area contributed by atoms with Gasteiger partial charge in [-0.15, -0.1) is 30.6 Å². The lowest BCUT2D eigenvalue weighted by atomic mass is 10.1. The molecule has 3 aliphatic rings. The van der Waals surface area contributed by atoms with Crippen molar-refractivity contribution in [2.45, 2.75) is 59.3 Å². The molecule has 3 aromatic heterocycles. The van der Waals surface area contributed by atoms with Crippen LogP contribution in [0.1, 0.15) is 73.5 Å². The van der Waals surface area contributed by atoms with Gasteiger partial charge in [0.15, 0.2) is 11.4 Å². The van der Waals surface area contributed by atoms with Crippen molar-refractivity contribution in [1.82, 2.24) is 44.3 Å². The number of benzene rings is 5. The Bertz CT molecular complexity index is 3050. The Hall–Kier alpha value is -6.66. The zero-order valence-corrected chi connectivity index (χ0v) is 42.4. The number of anilines is 5. The van der Waals surface area contributed by atoms with Crippen LogP contribution in [0.15, 0.2) is 117 Å². The molecule has 6 heterocycles. The molecule has 3 atom stereocenters. The second-order valence-corrected chi connectivity index (χ2v) is 19.6. The van der Waals surface area contributed by atoms with Crippen molar-refractivity contribution in [3.63, 3.8) is 0 Å². The van der Waals surface area contributed by atoms with Crippen LogP contribution in [0.3, 0.4) is 0 Å². The van der Waals surface area contributed by atoms with Crippen molar-refractivity contribution in [2.75, 3.05) is 34.8 Å². The summed E-state index contributed by atoms with van der Waals surface area (Å²) in [6.45, 7) is 29.2. The van der Waals surface area contributed by atoms with Crippen molar-refractivity contribution in [3.05, 3.63) is 174 Å². The van der Waals surface area contributed by atoms with E-state index < -0.39 is 0 Å². The number of fused-ring (bicyclic) bond motifs is 9. The highest BCUT2D eigenvalue weighted by molar-refractivity contribution is 9.11. The fourth-order valence-electron chi connectivity index (χ4n) is 8.80. The SMILES string of the molecule is Cc1nnc2n1-c1ccc(Br)cc1NCC2C.[C-]#[N+]c1ccc(N2CC(C)c3nnc(C)n3-c3ccc(Br)cc32)cc1.[C-]#[N+]c1ccc(N2CC(C)c3nnc(C)n3-c3ccc(Br)cc32)cc1. The molecular formula is C50H45Br3N14. The van der Waals surface area contributed by atoms with Crippen LogP contribution in [0.4, 0.5) is 39.8 Å². The molecule has 1 N–H and O–H groups in total. The zero-order valence-electron chi connectivity index (χ0n) is 37.6. The molecule has 3 aliphatic heterocycles. The van der Waals surface area contributed by atoms with Gasteiger partial charge in [-0.05, 0) is 99.6 Å². The lowest BCUT2D eigenvalue weighted by molar-refractivity contribution is 0.696. The van der Waals surface area contributed by atoms with Gasteiger partial charge in [0.2, 0.25) is 0 Å². The average Bonchev–Trinajstić information content (AvgIpc) is 3.97. The van der Waals surface area contributed by atoms with E-state index in [4.69, 9.17) is 13.1 Å². The molecule has 0 saturated carbocycles. The molecule has 0 bridgehead atoms. The monoisotopic (exact) mass is 1080 g/mol. The van der Waals surface area contributed by atoms with Crippen molar-refractivity contribution < 1.29 is 0 Å². The summed E-state index contributed by atoms with van der Waals surface area (Å²) in [5, 5.41) is 29.3. The molecule has 0 radical (unpaired) electrons. The first kappa shape index (κ1) is 45.5. The molecular weight excluding hydrogens is 1040 g/mol. The number of hydrogen-bond acceptors (Lipinski definition) is 9. The number of rotatable bonds is 2. The third-order valence-corrected chi connectivity index (χ3v) is 13.6. The molecule has 336 valence electrons. The summed E-state index contributed by atoms with van der Waals surface area (Å²) in [5.41, 5.74) is 9.99. The summed E-state index contributed by atoms with van der Waals surface area (Å²) >= 11 is 10.7. The van der Waals surface area contributed by atoms with Crippen LogP contribution in [0.25, 0.3) is 26.8 Å². The summed E-state index contributed by atoms with van der Waals surface area (Å²) < 4.78 is 9.53. The van der Waals surface area contributed by atoms with Crippen LogP contribution in [0, 0.1) is 33.9 Å². The van der Waals surface area contributed by atoms with E-state index in [2.05, 4.69) is 174 Å². The Kier molecular flexibility index (Phi) is 12.8. The van der Waals surface area contributed by atoms with Crippen molar-refractivity contribution in [1.29, 1.82) is 0 Å². The molecule has 0 fully saturated rings. The van der Waals surface area contributed by atoms with E-state index in [1.807, 2.05) is 87.5 Å². The van der Waals surface area contributed by atoms with E-state index in [1.165, 1.54) is 0 Å². The smallest absolute Gasteiger partial charge is 0.187 e. The van der Waals surface area contributed by atoms with Gasteiger partial charge in [0.25, 0.3) is 0 Å². The summed E-state index contributed by atoms with van der Waals surface area (Å²) in [7, 11) is 0. The standard InChI is InChI=1S/2C19H16BrN5.C12H13BrN4/c2*1-12-11-24(16-7-5-15(21-3)6-8-16)18-10-14(20)4-9-17(18)25-13(2)22-23-19(12)25;1-7-6-14-10-5-9(13)3-4-11(10)17-8(2)15-16-12(7)17/h2*4-10,12H,11H2,1-2H3;3-5,7,14H,6H2,1-2H3. The van der Waals surface area contributed by atoms with Crippen molar-refractivity contribution >= 4 is 87.6 Å². The first-order chi connectivity index (χ1) is 32.3. The fourth-order valence-corrected chi connectivity index (χ4v) is 9.86. The van der Waals surface area contributed by atoms with Crippen LogP contribution >= 0.6 is 47.8 Å². The Balaban J connectivity index is 0.000000128. The van der Waals surface area contributed by atoms with Crippen molar-refractivity contribution in [2.24, 2.45) is 0 Å². The van der Waals surface area contributed by atoms with Crippen LogP contribution in [0.5, 0.6) is 0 Å². The van der Waals surface area contributed by atoms with E-state index in [-0.39, 0.29) is 11.8 Å². The first-order valence-corrected chi connectivity index (χ1v) is 24.1. The maximum atomic E-state index is 7.15. The van der Waals surface area contributed by atoms with Gasteiger partial charge in [-0.2, -0.15) is 0 Å². The second-order valence-electron chi connectivity index (χ2n) is 16.8. The molecule has 11 rings (SSSR count). The molecule has 0 amide bonds. The van der Waals surface area contributed by atoms with Gasteiger partial charge in [-0.25, -0.2) is 9.69 Å². The summed E-state index contributed by atoms with van der Waals surface area (Å²) in [6.07, 6.45) is 0. The highest BCUT2D eigenvalue weighted by atomic mass is 79.9. The topological polar surface area (TPSA) is 119 Å². The van der Waals surface area contributed by atoms with Crippen molar-refractivity contribution in [3.8, 4) is 17.1 Å². The highest BCUT2D eigenvalue weighted by Crippen LogP contribution is 2.42. The normalized spacial score (nSPS) is 16.4. The molecule has 3 unspecified atom stereocenters. The van der Waals surface area contributed by atoms with Gasteiger partial charge in [0.05, 0.1) is 47.3 Å². The third kappa shape index (κ3) is 8.87. The molecule has 14 nitrogen and oxygen atoms in total. The van der Waals surface area contributed by atoms with E-state index in [0.29, 0.717) is 17.3 Å². The zero-order chi connectivity index (χ0) is 47.1. The summed E-state index contributed by atoms with van der Waals surface area (Å²) in [6, 6.07) is 34.2. The molecule has 5 aromatic carbocycles. The minimum Gasteiger partial charge on any atom is -0.383 e. The van der Waals surface area contributed by atoms with E-state index in [9.17, 15) is 0 Å². The van der Waals surface area contributed by atoms with E-state index in [0.717, 1.165) is 113 Å². The van der Waals surface area contributed by atoms with E-state index in [1.54, 1.807) is 0 Å². The van der Waals surface area contributed by atoms with Gasteiger partial charge in [-0.1, -0.05) is 92.8 Å². The maximum Gasteiger partial charge on any atom is 0.187 e. The Morgan fingerprint density at radius 3 is 1.27 bits per heavy atom. The lowest BCUT2D eigenvalue weighted by Gasteiger charge is -2.26. The minimum absolute atomic E-state index is 0.216. The number of nitrogens with one attached hydrogen (secondary N) is 1. The van der Waals surface area contributed by atoms with Gasteiger partial charge >= 0.3 is 0 Å². The largest absolute Gasteiger partial charge is 0.383 e. The molecule has 67 heavy (non-hydrogen) atoms. The average molecular weight is 1080 g/mol. The first-order valence-electron chi connectivity index (χ1n) is 21.7.